The second-order valence-corrected chi connectivity index (χ2v) is 5.64. The molecule has 0 spiro atoms. The summed E-state index contributed by atoms with van der Waals surface area (Å²) >= 11 is 0. The van der Waals surface area contributed by atoms with Crippen molar-refractivity contribution in [2.24, 2.45) is 0 Å². The normalized spacial score (nSPS) is 13.1. The molecule has 1 aromatic carbocycles. The molecule has 0 heterocycles. The van der Waals surface area contributed by atoms with Gasteiger partial charge < -0.3 is 4.74 Å². The Hall–Kier alpha value is -1.43. The Bertz CT molecular complexity index is 510. The van der Waals surface area contributed by atoms with Gasteiger partial charge in [-0.15, -0.1) is 0 Å². The lowest BCUT2D eigenvalue weighted by molar-refractivity contribution is -0.146. The van der Waals surface area contributed by atoms with Gasteiger partial charge in [-0.2, -0.15) is 0 Å². The van der Waals surface area contributed by atoms with Crippen LogP contribution < -0.4 is 0 Å². The van der Waals surface area contributed by atoms with E-state index < -0.39 is 22.0 Å². The van der Waals surface area contributed by atoms with Crippen molar-refractivity contribution in [2.45, 2.75) is 18.0 Å². The van der Waals surface area contributed by atoms with Crippen LogP contribution in [0.25, 0.3) is 0 Å². The summed E-state index contributed by atoms with van der Waals surface area (Å²) in [4.78, 5) is 11.0. The molecular weight excluding hydrogens is 247 g/mol. The molecule has 17 heavy (non-hydrogen) atoms. The summed E-state index contributed by atoms with van der Waals surface area (Å²) in [5.41, 5.74) is -0.0219. The molecule has 1 aromatic rings. The maximum absolute atomic E-state index is 13.5. The lowest BCUT2D eigenvalue weighted by Gasteiger charge is -2.08. The lowest BCUT2D eigenvalue weighted by Crippen LogP contribution is -2.11. The van der Waals surface area contributed by atoms with Gasteiger partial charge in [0, 0.05) is 0 Å². The third kappa shape index (κ3) is 3.03. The first-order valence-corrected chi connectivity index (χ1v) is 6.62. The average molecular weight is 260 g/mol. The fourth-order valence-corrected chi connectivity index (χ4v) is 2.21. The fourth-order valence-electron chi connectivity index (χ4n) is 1.27. The number of hydrogen-bond donors (Lipinski definition) is 0. The predicted octanol–water partition coefficient (Wildman–Crippen LogP) is 1.66. The molecule has 0 amide bonds. The highest BCUT2D eigenvalue weighted by Crippen LogP contribution is 2.22. The summed E-state index contributed by atoms with van der Waals surface area (Å²) in [7, 11) is -2.33. The summed E-state index contributed by atoms with van der Waals surface area (Å²) in [6.07, 6.45) is -1.97. The van der Waals surface area contributed by atoms with Gasteiger partial charge >= 0.3 is 5.97 Å². The van der Waals surface area contributed by atoms with Crippen molar-refractivity contribution in [3.05, 3.63) is 29.8 Å². The van der Waals surface area contributed by atoms with Crippen molar-refractivity contribution in [1.29, 1.82) is 0 Å². The van der Waals surface area contributed by atoms with Gasteiger partial charge in [-0.3, -0.25) is 0 Å². The smallest absolute Gasteiger partial charge is 0.345 e. The fraction of sp³-hybridized carbons (Fsp3) is 0.364. The largest absolute Gasteiger partial charge is 0.467 e. The summed E-state index contributed by atoms with van der Waals surface area (Å²) in [5, 5.41) is 0. The van der Waals surface area contributed by atoms with Crippen LogP contribution in [-0.4, -0.2) is 27.2 Å². The van der Waals surface area contributed by atoms with E-state index in [9.17, 15) is 17.6 Å². The number of methoxy groups -OCH3 is 1. The maximum atomic E-state index is 13.5. The number of halogens is 1. The van der Waals surface area contributed by atoms with E-state index in [-0.39, 0.29) is 16.2 Å². The Morgan fingerprint density at radius 2 is 2.12 bits per heavy atom. The van der Waals surface area contributed by atoms with E-state index in [0.29, 0.717) is 0 Å². The van der Waals surface area contributed by atoms with Gasteiger partial charge in [0.15, 0.2) is 9.84 Å². The minimum absolute atomic E-state index is 0.00375. The molecule has 0 bridgehead atoms. The molecule has 0 aliphatic rings. The van der Waals surface area contributed by atoms with Gasteiger partial charge in [-0.1, -0.05) is 19.1 Å². The van der Waals surface area contributed by atoms with Gasteiger partial charge in [-0.25, -0.2) is 17.6 Å². The van der Waals surface area contributed by atoms with Gasteiger partial charge in [-0.05, 0) is 17.7 Å². The zero-order chi connectivity index (χ0) is 13.1. The number of rotatable bonds is 4. The van der Waals surface area contributed by atoms with E-state index in [1.165, 1.54) is 25.1 Å². The molecule has 1 atom stereocenters. The Balaban J connectivity index is 3.14. The highest BCUT2D eigenvalue weighted by atomic mass is 32.2. The molecule has 6 heteroatoms. The van der Waals surface area contributed by atoms with Gasteiger partial charge in [0.1, 0.15) is 0 Å². The molecule has 0 aliphatic heterocycles. The van der Waals surface area contributed by atoms with Crippen LogP contribution >= 0.6 is 0 Å². The molecule has 0 aliphatic carbocycles. The van der Waals surface area contributed by atoms with E-state index >= 15 is 0 Å². The third-order valence-corrected chi connectivity index (χ3v) is 4.03. The molecule has 0 saturated heterocycles. The molecular formula is C11H13FO4S. The Morgan fingerprint density at radius 3 is 2.65 bits per heavy atom. The van der Waals surface area contributed by atoms with Crippen LogP contribution in [0.4, 0.5) is 4.39 Å². The summed E-state index contributed by atoms with van der Waals surface area (Å²) in [5.74, 6) is -1.12. The molecule has 0 N–H and O–H groups in total. The van der Waals surface area contributed by atoms with E-state index in [0.717, 1.165) is 13.2 Å². The van der Waals surface area contributed by atoms with Crippen molar-refractivity contribution in [3.63, 3.8) is 0 Å². The van der Waals surface area contributed by atoms with E-state index in [1.54, 1.807) is 0 Å². The minimum atomic E-state index is -3.41. The average Bonchev–Trinajstić information content (AvgIpc) is 2.37. The standard InChI is InChI=1S/C11H13FO4S/c1-3-17(14,15)9-6-4-5-8(7-9)10(12)11(13)16-2/h4-7,10H,3H2,1-2H3. The maximum Gasteiger partial charge on any atom is 0.345 e. The summed E-state index contributed by atoms with van der Waals surface area (Å²) in [6, 6.07) is 5.26. The quantitative estimate of drug-likeness (QED) is 0.772. The second-order valence-electron chi connectivity index (χ2n) is 3.36. The van der Waals surface area contributed by atoms with Crippen LogP contribution in [0.15, 0.2) is 29.2 Å². The van der Waals surface area contributed by atoms with Gasteiger partial charge in [0.25, 0.3) is 0 Å². The van der Waals surface area contributed by atoms with Crippen molar-refractivity contribution < 1.29 is 22.3 Å². The van der Waals surface area contributed by atoms with Crippen molar-refractivity contribution in [2.75, 3.05) is 12.9 Å². The monoisotopic (exact) mass is 260 g/mol. The minimum Gasteiger partial charge on any atom is -0.467 e. The third-order valence-electron chi connectivity index (χ3n) is 2.30. The highest BCUT2D eigenvalue weighted by molar-refractivity contribution is 7.91. The van der Waals surface area contributed by atoms with E-state index in [2.05, 4.69) is 4.74 Å². The lowest BCUT2D eigenvalue weighted by atomic mass is 10.1. The Kier molecular flexibility index (Phi) is 4.22. The van der Waals surface area contributed by atoms with Crippen LogP contribution in [0, 0.1) is 0 Å². The molecule has 0 radical (unpaired) electrons. The summed E-state index contributed by atoms with van der Waals surface area (Å²) in [6.45, 7) is 1.50. The Morgan fingerprint density at radius 1 is 1.47 bits per heavy atom. The Labute approximate surface area is 99.3 Å². The van der Waals surface area contributed by atoms with Crippen molar-refractivity contribution in [1.82, 2.24) is 0 Å². The zero-order valence-corrected chi connectivity index (χ0v) is 10.3. The van der Waals surface area contributed by atoms with Crippen LogP contribution in [0.5, 0.6) is 0 Å². The highest BCUT2D eigenvalue weighted by Gasteiger charge is 2.22. The first-order chi connectivity index (χ1) is 7.92. The molecule has 94 valence electrons. The van der Waals surface area contributed by atoms with Crippen molar-refractivity contribution in [3.8, 4) is 0 Å². The molecule has 0 saturated carbocycles. The van der Waals surface area contributed by atoms with Crippen LogP contribution in [0.1, 0.15) is 18.7 Å². The van der Waals surface area contributed by atoms with Crippen molar-refractivity contribution >= 4 is 15.8 Å². The summed E-state index contributed by atoms with van der Waals surface area (Å²) < 4.78 is 40.9. The first-order valence-electron chi connectivity index (χ1n) is 4.97. The van der Waals surface area contributed by atoms with E-state index in [4.69, 9.17) is 0 Å². The molecule has 1 rings (SSSR count). The van der Waals surface area contributed by atoms with Gasteiger partial charge in [0.05, 0.1) is 17.8 Å². The second kappa shape index (κ2) is 5.27. The molecule has 4 nitrogen and oxygen atoms in total. The zero-order valence-electron chi connectivity index (χ0n) is 9.51. The number of sulfone groups is 1. The molecule has 1 unspecified atom stereocenters. The number of carbonyl (C=O) groups excluding carboxylic acids is 1. The van der Waals surface area contributed by atoms with Crippen LogP contribution in [0.3, 0.4) is 0 Å². The number of alkyl halides is 1. The number of ether oxygens (including phenoxy) is 1. The van der Waals surface area contributed by atoms with E-state index in [1.807, 2.05) is 0 Å². The number of carbonyl (C=O) groups is 1. The van der Waals surface area contributed by atoms with Gasteiger partial charge in [0.2, 0.25) is 6.17 Å². The molecule has 0 aromatic heterocycles. The molecule has 0 fully saturated rings. The van der Waals surface area contributed by atoms with Crippen LogP contribution in [-0.2, 0) is 19.4 Å². The topological polar surface area (TPSA) is 60.4 Å². The number of esters is 1. The first kappa shape index (κ1) is 13.6. The number of benzene rings is 1. The number of hydrogen-bond acceptors (Lipinski definition) is 4. The predicted molar refractivity (Wildman–Crippen MR) is 60.0 cm³/mol. The van der Waals surface area contributed by atoms with Crippen LogP contribution in [0.2, 0.25) is 0 Å². The SMILES string of the molecule is CCS(=O)(=O)c1cccc(C(F)C(=O)OC)c1.